The van der Waals surface area contributed by atoms with Gasteiger partial charge in [-0.2, -0.15) is 11.8 Å². The van der Waals surface area contributed by atoms with E-state index in [-0.39, 0.29) is 5.60 Å². The van der Waals surface area contributed by atoms with E-state index < -0.39 is 0 Å². The summed E-state index contributed by atoms with van der Waals surface area (Å²) in [6.07, 6.45) is 7.79. The zero-order chi connectivity index (χ0) is 14.9. The molecule has 1 N–H and O–H groups in total. The van der Waals surface area contributed by atoms with Gasteiger partial charge in [-0.1, -0.05) is 20.8 Å². The normalized spacial score (nSPS) is 35.6. The van der Waals surface area contributed by atoms with E-state index in [4.69, 9.17) is 4.74 Å². The average Bonchev–Trinajstić information content (AvgIpc) is 3.09. The van der Waals surface area contributed by atoms with Gasteiger partial charge in [0.1, 0.15) is 0 Å². The van der Waals surface area contributed by atoms with Gasteiger partial charge in [-0.3, -0.25) is 0 Å². The summed E-state index contributed by atoms with van der Waals surface area (Å²) in [5, 5.41) is 3.92. The predicted octanol–water partition coefficient (Wildman–Crippen LogP) is 4.09. The molecule has 0 aromatic heterocycles. The van der Waals surface area contributed by atoms with E-state index in [0.29, 0.717) is 5.41 Å². The van der Waals surface area contributed by atoms with Crippen LogP contribution in [0.1, 0.15) is 59.3 Å². The molecule has 2 saturated heterocycles. The maximum absolute atomic E-state index is 6.30. The first kappa shape index (κ1) is 16.1. The summed E-state index contributed by atoms with van der Waals surface area (Å²) in [5.74, 6) is 4.32. The molecule has 0 aromatic carbocycles. The molecule has 3 aliphatic rings. The third kappa shape index (κ3) is 3.61. The summed E-state index contributed by atoms with van der Waals surface area (Å²) >= 11 is 2.11. The Kier molecular flexibility index (Phi) is 4.93. The van der Waals surface area contributed by atoms with E-state index in [1.807, 2.05) is 0 Å². The smallest absolute Gasteiger partial charge is 0.0701 e. The van der Waals surface area contributed by atoms with Gasteiger partial charge in [0.25, 0.3) is 0 Å². The molecule has 1 saturated carbocycles. The van der Waals surface area contributed by atoms with Crippen LogP contribution in [0.15, 0.2) is 0 Å². The van der Waals surface area contributed by atoms with E-state index in [0.717, 1.165) is 24.5 Å². The minimum absolute atomic E-state index is 0.235. The zero-order valence-electron chi connectivity index (χ0n) is 14.1. The van der Waals surface area contributed by atoms with Gasteiger partial charge in [0.2, 0.25) is 0 Å². The van der Waals surface area contributed by atoms with Crippen LogP contribution in [0.3, 0.4) is 0 Å². The van der Waals surface area contributed by atoms with Gasteiger partial charge in [0, 0.05) is 12.6 Å². The Hall–Kier alpha value is 0.270. The van der Waals surface area contributed by atoms with Crippen LogP contribution in [0.5, 0.6) is 0 Å². The Morgan fingerprint density at radius 3 is 2.57 bits per heavy atom. The average molecular weight is 312 g/mol. The van der Waals surface area contributed by atoms with E-state index in [2.05, 4.69) is 37.8 Å². The number of hydrogen-bond donors (Lipinski definition) is 1. The third-order valence-corrected chi connectivity index (χ3v) is 7.08. The van der Waals surface area contributed by atoms with Crippen molar-refractivity contribution < 1.29 is 4.74 Å². The first-order valence-electron chi connectivity index (χ1n) is 9.01. The van der Waals surface area contributed by atoms with Gasteiger partial charge in [0.05, 0.1) is 5.60 Å². The van der Waals surface area contributed by atoms with Crippen LogP contribution in [0.25, 0.3) is 0 Å². The van der Waals surface area contributed by atoms with E-state index in [9.17, 15) is 0 Å². The molecule has 122 valence electrons. The van der Waals surface area contributed by atoms with Crippen molar-refractivity contribution in [3.05, 3.63) is 0 Å². The molecule has 3 heteroatoms. The highest BCUT2D eigenvalue weighted by Gasteiger charge is 2.53. The molecule has 2 aliphatic heterocycles. The number of ether oxygens (including phenoxy) is 1. The van der Waals surface area contributed by atoms with Gasteiger partial charge in [-0.25, -0.2) is 0 Å². The van der Waals surface area contributed by atoms with Gasteiger partial charge in [0.15, 0.2) is 0 Å². The summed E-state index contributed by atoms with van der Waals surface area (Å²) in [6.45, 7) is 9.35. The molecule has 21 heavy (non-hydrogen) atoms. The maximum Gasteiger partial charge on any atom is 0.0701 e. The van der Waals surface area contributed by atoms with Gasteiger partial charge in [-0.15, -0.1) is 0 Å². The lowest BCUT2D eigenvalue weighted by Crippen LogP contribution is -2.49. The summed E-state index contributed by atoms with van der Waals surface area (Å²) < 4.78 is 6.30. The fourth-order valence-corrected chi connectivity index (χ4v) is 5.77. The van der Waals surface area contributed by atoms with Crippen LogP contribution in [0.4, 0.5) is 0 Å². The Morgan fingerprint density at radius 1 is 1.24 bits per heavy atom. The summed E-state index contributed by atoms with van der Waals surface area (Å²) in [7, 11) is 0. The summed E-state index contributed by atoms with van der Waals surface area (Å²) in [5.41, 5.74) is 0.804. The first-order valence-corrected chi connectivity index (χ1v) is 10.2. The Morgan fingerprint density at radius 2 is 1.95 bits per heavy atom. The lowest BCUT2D eigenvalue weighted by molar-refractivity contribution is -0.108. The minimum Gasteiger partial charge on any atom is -0.375 e. The largest absolute Gasteiger partial charge is 0.375 e. The van der Waals surface area contributed by atoms with Crippen LogP contribution < -0.4 is 5.32 Å². The summed E-state index contributed by atoms with van der Waals surface area (Å²) in [6, 6.07) is 0.732. The van der Waals surface area contributed by atoms with Crippen molar-refractivity contribution in [2.24, 2.45) is 17.3 Å². The molecule has 0 aromatic rings. The predicted molar refractivity (Wildman–Crippen MR) is 91.9 cm³/mol. The molecule has 2 heterocycles. The number of hydrogen-bond acceptors (Lipinski definition) is 3. The van der Waals surface area contributed by atoms with Crippen LogP contribution in [-0.4, -0.2) is 36.3 Å². The van der Waals surface area contributed by atoms with E-state index in [1.165, 1.54) is 56.6 Å². The van der Waals surface area contributed by atoms with Crippen LogP contribution in [0, 0.1) is 17.3 Å². The molecule has 3 fully saturated rings. The quantitative estimate of drug-likeness (QED) is 0.826. The standard InChI is InChI=1S/C18H33NOS/c1-4-8-19-16(15-13-17(15,2)3)14-5-9-20-18(12-14)6-10-21-11-7-18/h14-16,19H,4-13H2,1-3H3. The monoisotopic (exact) mass is 311 g/mol. The van der Waals surface area contributed by atoms with Crippen molar-refractivity contribution in [1.29, 1.82) is 0 Å². The fourth-order valence-electron chi connectivity index (χ4n) is 4.53. The van der Waals surface area contributed by atoms with Gasteiger partial charge in [-0.05, 0) is 73.8 Å². The SMILES string of the molecule is CCCNC(C1CCOC2(CCSCC2)C1)C1CC1(C)C. The Labute approximate surface area is 135 Å². The molecule has 3 atom stereocenters. The second kappa shape index (κ2) is 6.41. The van der Waals surface area contributed by atoms with E-state index in [1.54, 1.807) is 0 Å². The molecule has 3 rings (SSSR count). The number of nitrogens with one attached hydrogen (secondary N) is 1. The second-order valence-corrected chi connectivity index (χ2v) is 9.40. The molecule has 3 unspecified atom stereocenters. The number of thioether (sulfide) groups is 1. The van der Waals surface area contributed by atoms with Crippen molar-refractivity contribution in [1.82, 2.24) is 5.32 Å². The molecule has 0 amide bonds. The highest BCUT2D eigenvalue weighted by atomic mass is 32.2. The Bertz CT molecular complexity index is 346. The Balaban J connectivity index is 1.66. The lowest BCUT2D eigenvalue weighted by atomic mass is 9.76. The fraction of sp³-hybridized carbons (Fsp3) is 1.00. The van der Waals surface area contributed by atoms with Gasteiger partial charge < -0.3 is 10.1 Å². The summed E-state index contributed by atoms with van der Waals surface area (Å²) in [4.78, 5) is 0. The molecule has 1 aliphatic carbocycles. The van der Waals surface area contributed by atoms with Crippen molar-refractivity contribution in [2.75, 3.05) is 24.7 Å². The second-order valence-electron chi connectivity index (χ2n) is 8.18. The van der Waals surface area contributed by atoms with Crippen molar-refractivity contribution in [3.8, 4) is 0 Å². The first-order chi connectivity index (χ1) is 10.1. The molecule has 0 radical (unpaired) electrons. The zero-order valence-corrected chi connectivity index (χ0v) is 14.9. The van der Waals surface area contributed by atoms with Crippen molar-refractivity contribution in [2.45, 2.75) is 70.9 Å². The van der Waals surface area contributed by atoms with Crippen molar-refractivity contribution in [3.63, 3.8) is 0 Å². The van der Waals surface area contributed by atoms with E-state index >= 15 is 0 Å². The molecule has 1 spiro atoms. The van der Waals surface area contributed by atoms with Crippen LogP contribution in [-0.2, 0) is 4.74 Å². The van der Waals surface area contributed by atoms with Gasteiger partial charge >= 0.3 is 0 Å². The highest BCUT2D eigenvalue weighted by Crippen LogP contribution is 2.56. The molecule has 0 bridgehead atoms. The topological polar surface area (TPSA) is 21.3 Å². The lowest BCUT2D eigenvalue weighted by Gasteiger charge is -2.46. The maximum atomic E-state index is 6.30. The molecular weight excluding hydrogens is 278 g/mol. The molecule has 2 nitrogen and oxygen atoms in total. The minimum atomic E-state index is 0.235. The third-order valence-electron chi connectivity index (χ3n) is 6.10. The van der Waals surface area contributed by atoms with Crippen molar-refractivity contribution >= 4 is 11.8 Å². The van der Waals surface area contributed by atoms with Crippen LogP contribution in [0.2, 0.25) is 0 Å². The highest BCUT2D eigenvalue weighted by molar-refractivity contribution is 7.99. The van der Waals surface area contributed by atoms with Crippen LogP contribution >= 0.6 is 11.8 Å². The molecular formula is C18H33NOS. The number of rotatable bonds is 5.